The van der Waals surface area contributed by atoms with Gasteiger partial charge in [-0.05, 0) is 18.0 Å². The fourth-order valence-electron chi connectivity index (χ4n) is 1.26. The van der Waals surface area contributed by atoms with Crippen LogP contribution in [-0.4, -0.2) is 30.4 Å². The van der Waals surface area contributed by atoms with Gasteiger partial charge in [-0.2, -0.15) is 0 Å². The molecule has 0 amide bonds. The number of hydrogen-bond acceptors (Lipinski definition) is 5. The molecule has 0 bridgehead atoms. The molecule has 0 rings (SSSR count). The molecule has 0 fully saturated rings. The van der Waals surface area contributed by atoms with Crippen molar-refractivity contribution in [1.82, 2.24) is 0 Å². The number of ether oxygens (including phenoxy) is 2. The van der Waals surface area contributed by atoms with Gasteiger partial charge >= 0.3 is 11.9 Å². The van der Waals surface area contributed by atoms with Crippen molar-refractivity contribution in [2.24, 2.45) is 0 Å². The van der Waals surface area contributed by atoms with Crippen LogP contribution < -0.4 is 0 Å². The number of hydrogen-bond donors (Lipinski definition) is 0. The van der Waals surface area contributed by atoms with Gasteiger partial charge in [-0.3, -0.25) is 9.59 Å². The molecule has 0 unspecified atom stereocenters. The Morgan fingerprint density at radius 1 is 0.889 bits per heavy atom. The zero-order valence-corrected chi connectivity index (χ0v) is 11.3. The van der Waals surface area contributed by atoms with Gasteiger partial charge in [0, 0.05) is 6.42 Å². The normalized spacial score (nSPS) is 9.89. The minimum Gasteiger partial charge on any atom is -0.454 e. The van der Waals surface area contributed by atoms with Crippen LogP contribution >= 0.6 is 11.6 Å². The molecule has 0 heterocycles. The summed E-state index contributed by atoms with van der Waals surface area (Å²) >= 11 is 4.97. The van der Waals surface area contributed by atoms with Crippen LogP contribution in [0.5, 0.6) is 0 Å². The molecular formula is C12H19ClO5. The largest absolute Gasteiger partial charge is 0.454 e. The Morgan fingerprint density at radius 2 is 1.50 bits per heavy atom. The second-order valence-electron chi connectivity index (χ2n) is 3.84. The number of halogens is 1. The highest BCUT2D eigenvalue weighted by Crippen LogP contribution is 2.05. The molecule has 0 aliphatic heterocycles. The molecule has 0 atom stereocenters. The minimum absolute atomic E-state index is 0.297. The van der Waals surface area contributed by atoms with E-state index < -0.39 is 30.4 Å². The highest BCUT2D eigenvalue weighted by Gasteiger charge is 2.09. The first kappa shape index (κ1) is 16.9. The molecule has 0 aliphatic carbocycles. The van der Waals surface area contributed by atoms with Gasteiger partial charge < -0.3 is 9.47 Å². The van der Waals surface area contributed by atoms with E-state index in [1.54, 1.807) is 0 Å². The first-order chi connectivity index (χ1) is 8.56. The van der Waals surface area contributed by atoms with Crippen LogP contribution in [0.25, 0.3) is 0 Å². The van der Waals surface area contributed by atoms with Gasteiger partial charge in [0.25, 0.3) is 5.24 Å². The van der Waals surface area contributed by atoms with E-state index in [9.17, 15) is 14.4 Å². The Kier molecular flexibility index (Phi) is 10.3. The lowest BCUT2D eigenvalue weighted by molar-refractivity contribution is -0.159. The van der Waals surface area contributed by atoms with E-state index in [1.165, 1.54) is 0 Å². The van der Waals surface area contributed by atoms with Crippen molar-refractivity contribution in [3.05, 3.63) is 0 Å². The van der Waals surface area contributed by atoms with Crippen LogP contribution in [0.4, 0.5) is 0 Å². The highest BCUT2D eigenvalue weighted by molar-refractivity contribution is 6.64. The Labute approximate surface area is 112 Å². The molecule has 0 aromatic carbocycles. The van der Waals surface area contributed by atoms with Crippen LogP contribution in [0.15, 0.2) is 0 Å². The average Bonchev–Trinajstić information content (AvgIpc) is 2.33. The predicted molar refractivity (Wildman–Crippen MR) is 66.2 cm³/mol. The van der Waals surface area contributed by atoms with Crippen molar-refractivity contribution < 1.29 is 23.9 Å². The molecule has 0 aliphatic rings. The highest BCUT2D eigenvalue weighted by atomic mass is 35.5. The Balaban J connectivity index is 3.46. The van der Waals surface area contributed by atoms with E-state index in [0.29, 0.717) is 6.42 Å². The molecule has 0 radical (unpaired) electrons. The molecular weight excluding hydrogens is 260 g/mol. The zero-order valence-electron chi connectivity index (χ0n) is 10.6. The van der Waals surface area contributed by atoms with Crippen LogP contribution in [0.2, 0.25) is 0 Å². The Bertz CT molecular complexity index is 278. The van der Waals surface area contributed by atoms with Crippen molar-refractivity contribution >= 4 is 28.8 Å². The quantitative estimate of drug-likeness (QED) is 0.348. The lowest BCUT2D eigenvalue weighted by Gasteiger charge is -2.04. The van der Waals surface area contributed by atoms with Gasteiger partial charge in [0.2, 0.25) is 0 Å². The Hall–Kier alpha value is -1.10. The van der Waals surface area contributed by atoms with Crippen molar-refractivity contribution in [3.63, 3.8) is 0 Å². The monoisotopic (exact) mass is 278 g/mol. The molecule has 6 heteroatoms. The van der Waals surface area contributed by atoms with E-state index in [1.807, 2.05) is 0 Å². The van der Waals surface area contributed by atoms with Crippen molar-refractivity contribution in [1.29, 1.82) is 0 Å². The molecule has 0 N–H and O–H groups in total. The van der Waals surface area contributed by atoms with Crippen LogP contribution in [0.1, 0.15) is 45.4 Å². The van der Waals surface area contributed by atoms with Gasteiger partial charge in [0.15, 0.2) is 13.2 Å². The van der Waals surface area contributed by atoms with Crippen molar-refractivity contribution in [3.8, 4) is 0 Å². The molecule has 0 spiro atoms. The number of esters is 2. The van der Waals surface area contributed by atoms with Crippen LogP contribution in [0, 0.1) is 0 Å². The molecule has 18 heavy (non-hydrogen) atoms. The third-order valence-corrected chi connectivity index (χ3v) is 2.29. The van der Waals surface area contributed by atoms with E-state index >= 15 is 0 Å². The maximum Gasteiger partial charge on any atom is 0.344 e. The molecule has 5 nitrogen and oxygen atoms in total. The number of carbonyl (C=O) groups excluding carboxylic acids is 3. The molecule has 0 saturated carbocycles. The van der Waals surface area contributed by atoms with Crippen LogP contribution in [-0.2, 0) is 23.9 Å². The van der Waals surface area contributed by atoms with Gasteiger partial charge in [0.1, 0.15) is 0 Å². The summed E-state index contributed by atoms with van der Waals surface area (Å²) in [5.41, 5.74) is 0. The molecule has 0 aromatic heterocycles. The van der Waals surface area contributed by atoms with Crippen molar-refractivity contribution in [2.75, 3.05) is 13.2 Å². The summed E-state index contributed by atoms with van der Waals surface area (Å²) in [5, 5.41) is -0.773. The third kappa shape index (κ3) is 11.4. The Morgan fingerprint density at radius 3 is 2.11 bits per heavy atom. The van der Waals surface area contributed by atoms with Gasteiger partial charge in [-0.25, -0.2) is 4.79 Å². The molecule has 104 valence electrons. The van der Waals surface area contributed by atoms with E-state index in [0.717, 1.165) is 32.1 Å². The maximum atomic E-state index is 11.2. The summed E-state index contributed by atoms with van der Waals surface area (Å²) in [6.07, 6.45) is 5.45. The van der Waals surface area contributed by atoms with E-state index in [2.05, 4.69) is 16.4 Å². The summed E-state index contributed by atoms with van der Waals surface area (Å²) in [6.45, 7) is 1.14. The fourth-order valence-corrected chi connectivity index (χ4v) is 1.32. The second kappa shape index (κ2) is 11.0. The maximum absolute atomic E-state index is 11.2. The fraction of sp³-hybridized carbons (Fsp3) is 0.750. The number of rotatable bonds is 10. The molecule has 0 aromatic rings. The SMILES string of the molecule is CCCCCCCC(=O)OCC(=O)OCC(=O)Cl. The topological polar surface area (TPSA) is 69.7 Å². The first-order valence-corrected chi connectivity index (χ1v) is 6.43. The zero-order chi connectivity index (χ0) is 13.8. The van der Waals surface area contributed by atoms with Gasteiger partial charge in [0.05, 0.1) is 0 Å². The van der Waals surface area contributed by atoms with Crippen LogP contribution in [0.3, 0.4) is 0 Å². The lowest BCUT2D eigenvalue weighted by Crippen LogP contribution is -2.18. The average molecular weight is 279 g/mol. The van der Waals surface area contributed by atoms with Gasteiger partial charge in [-0.15, -0.1) is 0 Å². The summed E-state index contributed by atoms with van der Waals surface area (Å²) in [7, 11) is 0. The number of unbranched alkanes of at least 4 members (excludes halogenated alkanes) is 4. The number of carbonyl (C=O) groups is 3. The van der Waals surface area contributed by atoms with E-state index in [-0.39, 0.29) is 0 Å². The first-order valence-electron chi connectivity index (χ1n) is 6.05. The lowest BCUT2D eigenvalue weighted by atomic mass is 10.1. The van der Waals surface area contributed by atoms with Gasteiger partial charge in [-0.1, -0.05) is 32.6 Å². The second-order valence-corrected chi connectivity index (χ2v) is 4.26. The summed E-state index contributed by atoms with van der Waals surface area (Å²) < 4.78 is 9.09. The summed E-state index contributed by atoms with van der Waals surface area (Å²) in [5.74, 6) is -1.20. The standard InChI is InChI=1S/C12H19ClO5/c1-2-3-4-5-6-7-11(15)18-9-12(16)17-8-10(13)14/h2-9H2,1H3. The smallest absolute Gasteiger partial charge is 0.344 e. The van der Waals surface area contributed by atoms with Crippen molar-refractivity contribution in [2.45, 2.75) is 45.4 Å². The minimum atomic E-state index is -0.775. The third-order valence-electron chi connectivity index (χ3n) is 2.18. The van der Waals surface area contributed by atoms with E-state index in [4.69, 9.17) is 11.6 Å². The summed E-state index contributed by atoms with van der Waals surface area (Å²) in [6, 6.07) is 0. The molecule has 0 saturated heterocycles. The predicted octanol–water partition coefficient (Wildman–Crippen LogP) is 2.20. The summed E-state index contributed by atoms with van der Waals surface area (Å²) in [4.78, 5) is 32.4.